The molecule has 5 rings (SSSR count). The molecule has 0 saturated carbocycles. The first-order valence-electron chi connectivity index (χ1n) is 11.5. The first-order chi connectivity index (χ1) is 17.6. The minimum Gasteiger partial charge on any atom is -0.322 e. The van der Waals surface area contributed by atoms with Gasteiger partial charge in [0.25, 0.3) is 5.91 Å². The van der Waals surface area contributed by atoms with Crippen LogP contribution in [0, 0.1) is 11.3 Å². The fraction of sp³-hybridized carbons (Fsp3) is 0.222. The van der Waals surface area contributed by atoms with Crippen LogP contribution in [0.15, 0.2) is 85.1 Å². The molecule has 2 unspecified atom stereocenters. The maximum Gasteiger partial charge on any atom is 0.417 e. The highest BCUT2D eigenvalue weighted by Gasteiger charge is 2.55. The van der Waals surface area contributed by atoms with E-state index in [4.69, 9.17) is 0 Å². The van der Waals surface area contributed by atoms with E-state index in [2.05, 4.69) is 20.3 Å². The Morgan fingerprint density at radius 3 is 2.43 bits per heavy atom. The maximum absolute atomic E-state index is 13.9. The second kappa shape index (κ2) is 8.95. The third-order valence-corrected chi connectivity index (χ3v) is 6.72. The molecule has 2 aliphatic rings. The highest BCUT2D eigenvalue weighted by Crippen LogP contribution is 2.53. The third-order valence-electron chi connectivity index (χ3n) is 6.72. The van der Waals surface area contributed by atoms with Gasteiger partial charge in [0.15, 0.2) is 0 Å². The Hall–Kier alpha value is -4.34. The Morgan fingerprint density at radius 2 is 1.76 bits per heavy atom. The molecule has 1 aromatic carbocycles. The average molecular weight is 506 g/mol. The molecule has 37 heavy (non-hydrogen) atoms. The fourth-order valence-corrected chi connectivity index (χ4v) is 5.00. The lowest BCUT2D eigenvalue weighted by molar-refractivity contribution is -0.137. The van der Waals surface area contributed by atoms with Gasteiger partial charge in [-0.15, -0.1) is 0 Å². The van der Waals surface area contributed by atoms with Crippen molar-refractivity contribution in [1.29, 1.82) is 0 Å². The van der Waals surface area contributed by atoms with Crippen molar-refractivity contribution in [2.75, 3.05) is 10.2 Å². The average Bonchev–Trinajstić information content (AvgIpc) is 3.09. The number of nitrogens with zero attached hydrogens (tertiary/aromatic N) is 4. The zero-order valence-corrected chi connectivity index (χ0v) is 19.9. The molecule has 1 N–H and O–H groups in total. The number of halogens is 3. The summed E-state index contributed by atoms with van der Waals surface area (Å²) < 4.78 is 41.6. The molecule has 1 aliphatic heterocycles. The molecule has 0 radical (unpaired) electrons. The number of benzene rings is 1. The van der Waals surface area contributed by atoms with Gasteiger partial charge in [0, 0.05) is 48.0 Å². The van der Waals surface area contributed by atoms with Gasteiger partial charge >= 0.3 is 6.18 Å². The SMILES string of the molecule is CC1(C)C(=O)N(c2ncccn2)C2=CC=CC(c3ccc(C(F)(F)F)c(C(=O)Nc4ccncc4)c3)C21. The lowest BCUT2D eigenvalue weighted by atomic mass is 9.68. The quantitative estimate of drug-likeness (QED) is 0.515. The Balaban J connectivity index is 1.57. The molecule has 1 fully saturated rings. The standard InChI is InChI=1S/C27H22F3N5O2/c1-26(2)22-18(5-3-6-21(22)35(24(26)37)25-32-11-4-12-33-25)16-7-8-20(27(28,29)30)19(15-16)23(36)34-17-9-13-31-14-10-17/h3-15,18,22H,1-2H3,(H,31,34,36). The van der Waals surface area contributed by atoms with Gasteiger partial charge in [-0.1, -0.05) is 32.1 Å². The number of amides is 2. The van der Waals surface area contributed by atoms with Crippen LogP contribution >= 0.6 is 0 Å². The fourth-order valence-electron chi connectivity index (χ4n) is 5.00. The lowest BCUT2D eigenvalue weighted by Gasteiger charge is -2.32. The van der Waals surface area contributed by atoms with E-state index in [1.165, 1.54) is 54.0 Å². The van der Waals surface area contributed by atoms with Gasteiger partial charge in [-0.3, -0.25) is 19.5 Å². The Bertz CT molecular complexity index is 1420. The number of hydrogen-bond acceptors (Lipinski definition) is 5. The predicted molar refractivity (Wildman–Crippen MR) is 130 cm³/mol. The number of nitrogens with one attached hydrogen (secondary N) is 1. The molecular weight excluding hydrogens is 483 g/mol. The molecule has 7 nitrogen and oxygen atoms in total. The van der Waals surface area contributed by atoms with Gasteiger partial charge in [0.2, 0.25) is 11.9 Å². The van der Waals surface area contributed by atoms with E-state index in [9.17, 15) is 22.8 Å². The predicted octanol–water partition coefficient (Wildman–Crippen LogP) is 5.37. The largest absolute Gasteiger partial charge is 0.417 e. The van der Waals surface area contributed by atoms with Gasteiger partial charge in [-0.25, -0.2) is 9.97 Å². The molecule has 1 saturated heterocycles. The molecule has 188 valence electrons. The van der Waals surface area contributed by atoms with Crippen molar-refractivity contribution in [2.45, 2.75) is 25.9 Å². The molecule has 2 atom stereocenters. The molecule has 3 aromatic rings. The van der Waals surface area contributed by atoms with E-state index in [-0.39, 0.29) is 11.9 Å². The second-order valence-electron chi connectivity index (χ2n) is 9.38. The van der Waals surface area contributed by atoms with Crippen molar-refractivity contribution in [3.63, 3.8) is 0 Å². The van der Waals surface area contributed by atoms with Crippen LogP contribution in [0.25, 0.3) is 0 Å². The van der Waals surface area contributed by atoms with Gasteiger partial charge in [0.1, 0.15) is 0 Å². The number of alkyl halides is 3. The first kappa shape index (κ1) is 24.4. The summed E-state index contributed by atoms with van der Waals surface area (Å²) in [6, 6.07) is 8.17. The Labute approximate surface area is 210 Å². The second-order valence-corrected chi connectivity index (χ2v) is 9.38. The summed E-state index contributed by atoms with van der Waals surface area (Å²) in [5.74, 6) is -1.76. The van der Waals surface area contributed by atoms with E-state index in [1.54, 1.807) is 32.1 Å². The van der Waals surface area contributed by atoms with Crippen LogP contribution in [0.2, 0.25) is 0 Å². The van der Waals surface area contributed by atoms with Crippen LogP contribution in [0.1, 0.15) is 41.3 Å². The molecule has 1 aliphatic carbocycles. The summed E-state index contributed by atoms with van der Waals surface area (Å²) in [7, 11) is 0. The molecule has 0 spiro atoms. The number of allylic oxidation sites excluding steroid dienone is 4. The number of fused-ring (bicyclic) bond motifs is 1. The number of carbonyl (C=O) groups is 2. The van der Waals surface area contributed by atoms with Gasteiger partial charge in [0.05, 0.1) is 16.5 Å². The van der Waals surface area contributed by atoms with Crippen LogP contribution in [0.4, 0.5) is 24.8 Å². The molecule has 2 aromatic heterocycles. The van der Waals surface area contributed by atoms with E-state index in [0.29, 0.717) is 16.9 Å². The summed E-state index contributed by atoms with van der Waals surface area (Å²) in [6.07, 6.45) is 6.59. The van der Waals surface area contributed by atoms with Crippen LogP contribution in [-0.2, 0) is 11.0 Å². The van der Waals surface area contributed by atoms with Gasteiger partial charge in [-0.2, -0.15) is 13.2 Å². The number of aromatic nitrogens is 3. The maximum atomic E-state index is 13.9. The van der Waals surface area contributed by atoms with Crippen molar-refractivity contribution in [3.8, 4) is 0 Å². The van der Waals surface area contributed by atoms with E-state index < -0.39 is 40.5 Å². The van der Waals surface area contributed by atoms with Crippen LogP contribution < -0.4 is 10.2 Å². The number of hydrogen-bond donors (Lipinski definition) is 1. The van der Waals surface area contributed by atoms with E-state index in [0.717, 1.165) is 6.07 Å². The van der Waals surface area contributed by atoms with Crippen molar-refractivity contribution < 1.29 is 22.8 Å². The molecule has 0 bridgehead atoms. The van der Waals surface area contributed by atoms with Crippen molar-refractivity contribution in [3.05, 3.63) is 102 Å². The van der Waals surface area contributed by atoms with Crippen molar-refractivity contribution in [2.24, 2.45) is 11.3 Å². The lowest BCUT2D eigenvalue weighted by Crippen LogP contribution is -2.33. The molecular formula is C27H22F3N5O2. The summed E-state index contributed by atoms with van der Waals surface area (Å²) >= 11 is 0. The van der Waals surface area contributed by atoms with Crippen LogP contribution in [0.3, 0.4) is 0 Å². The number of anilines is 2. The minimum absolute atomic E-state index is 0.216. The number of rotatable bonds is 4. The summed E-state index contributed by atoms with van der Waals surface area (Å²) in [5.41, 5.74) is -1.01. The zero-order chi connectivity index (χ0) is 26.4. The van der Waals surface area contributed by atoms with Crippen LogP contribution in [0.5, 0.6) is 0 Å². The molecule has 10 heteroatoms. The highest BCUT2D eigenvalue weighted by atomic mass is 19.4. The smallest absolute Gasteiger partial charge is 0.322 e. The number of carbonyl (C=O) groups excluding carboxylic acids is 2. The van der Waals surface area contributed by atoms with Gasteiger partial charge < -0.3 is 5.32 Å². The highest BCUT2D eigenvalue weighted by molar-refractivity contribution is 6.06. The Morgan fingerprint density at radius 1 is 1.05 bits per heavy atom. The molecule has 2 amide bonds. The third kappa shape index (κ3) is 4.28. The van der Waals surface area contributed by atoms with Crippen molar-refractivity contribution >= 4 is 23.5 Å². The van der Waals surface area contributed by atoms with E-state index >= 15 is 0 Å². The van der Waals surface area contributed by atoms with Crippen LogP contribution in [-0.4, -0.2) is 26.8 Å². The first-order valence-corrected chi connectivity index (χ1v) is 11.5. The zero-order valence-electron chi connectivity index (χ0n) is 19.9. The van der Waals surface area contributed by atoms with Crippen molar-refractivity contribution in [1.82, 2.24) is 15.0 Å². The van der Waals surface area contributed by atoms with Gasteiger partial charge in [-0.05, 0) is 42.0 Å². The Kier molecular flexibility index (Phi) is 5.89. The normalized spacial score (nSPS) is 20.4. The number of pyridine rings is 1. The summed E-state index contributed by atoms with van der Waals surface area (Å²) in [4.78, 5) is 40.3. The molecule has 3 heterocycles. The topological polar surface area (TPSA) is 88.1 Å². The van der Waals surface area contributed by atoms with E-state index in [1.807, 2.05) is 6.08 Å². The minimum atomic E-state index is -4.74. The monoisotopic (exact) mass is 505 g/mol. The summed E-state index contributed by atoms with van der Waals surface area (Å²) in [6.45, 7) is 3.59. The summed E-state index contributed by atoms with van der Waals surface area (Å²) in [5, 5.41) is 2.51.